The molecule has 4 rings (SSSR count). The summed E-state index contributed by atoms with van der Waals surface area (Å²) in [5.41, 5.74) is 5.05. The highest BCUT2D eigenvalue weighted by molar-refractivity contribution is 6.00. The lowest BCUT2D eigenvalue weighted by molar-refractivity contribution is 0.0723. The third-order valence-corrected chi connectivity index (χ3v) is 6.90. The number of ether oxygens (including phenoxy) is 3. The van der Waals surface area contributed by atoms with Crippen LogP contribution in [-0.2, 0) is 4.74 Å². The number of rotatable bonds is 13. The Hall–Kier alpha value is -3.52. The van der Waals surface area contributed by atoms with Crippen molar-refractivity contribution in [2.24, 2.45) is 0 Å². The van der Waals surface area contributed by atoms with E-state index < -0.39 is 6.04 Å². The predicted molar refractivity (Wildman–Crippen MR) is 147 cm³/mol. The van der Waals surface area contributed by atoms with Crippen LogP contribution in [0.1, 0.15) is 78.3 Å². The van der Waals surface area contributed by atoms with Crippen molar-refractivity contribution in [2.75, 3.05) is 33.5 Å². The van der Waals surface area contributed by atoms with E-state index in [-0.39, 0.29) is 11.7 Å². The highest BCUT2D eigenvalue weighted by Crippen LogP contribution is 2.46. The van der Waals surface area contributed by atoms with Gasteiger partial charge in [0.1, 0.15) is 17.1 Å². The first kappa shape index (κ1) is 27.5. The largest absolute Gasteiger partial charge is 0.507 e. The van der Waals surface area contributed by atoms with Gasteiger partial charge in [-0.05, 0) is 68.5 Å². The van der Waals surface area contributed by atoms with E-state index in [0.717, 1.165) is 41.5 Å². The number of carbonyl (C=O) groups excluding carboxylic acids is 1. The van der Waals surface area contributed by atoms with Crippen LogP contribution in [0, 0.1) is 13.8 Å². The number of aromatic amines is 1. The molecule has 0 spiro atoms. The van der Waals surface area contributed by atoms with Gasteiger partial charge in [0.05, 0.1) is 19.3 Å². The van der Waals surface area contributed by atoms with Crippen molar-refractivity contribution < 1.29 is 24.1 Å². The molecule has 1 aliphatic heterocycles. The molecule has 2 heterocycles. The average molecular weight is 522 g/mol. The zero-order valence-corrected chi connectivity index (χ0v) is 23.1. The van der Waals surface area contributed by atoms with E-state index in [2.05, 4.69) is 17.1 Å². The molecule has 38 heavy (non-hydrogen) atoms. The lowest BCUT2D eigenvalue weighted by Crippen LogP contribution is -2.31. The van der Waals surface area contributed by atoms with E-state index in [1.165, 1.54) is 0 Å². The minimum atomic E-state index is -0.406. The number of phenols is 1. The Morgan fingerprint density at radius 3 is 2.58 bits per heavy atom. The summed E-state index contributed by atoms with van der Waals surface area (Å²) < 4.78 is 17.3. The lowest BCUT2D eigenvalue weighted by atomic mass is 9.94. The standard InChI is InChI=1S/C30H39N3O5/c1-6-8-9-15-38-23-12-11-21(18-24(23)37-7-2)28-25-26(22-17-19(3)16-20(4)29(22)34)31-32-27(25)30(35)33(28)13-10-14-36-5/h11-12,16-18,28,34H,6-10,13-15H2,1-5H3,(H,31,32). The number of aromatic hydroxyl groups is 1. The maximum atomic E-state index is 13.6. The fraction of sp³-hybridized carbons (Fsp3) is 0.467. The van der Waals surface area contributed by atoms with Crippen LogP contribution < -0.4 is 9.47 Å². The van der Waals surface area contributed by atoms with Gasteiger partial charge in [0.25, 0.3) is 5.91 Å². The second-order valence-electron chi connectivity index (χ2n) is 9.78. The van der Waals surface area contributed by atoms with Gasteiger partial charge in [-0.15, -0.1) is 0 Å². The highest BCUT2D eigenvalue weighted by Gasteiger charge is 2.42. The molecule has 0 radical (unpaired) electrons. The number of nitrogens with one attached hydrogen (secondary N) is 1. The van der Waals surface area contributed by atoms with Crippen molar-refractivity contribution in [3.05, 3.63) is 58.3 Å². The summed E-state index contributed by atoms with van der Waals surface area (Å²) in [6.07, 6.45) is 3.91. The second kappa shape index (κ2) is 12.3. The van der Waals surface area contributed by atoms with Gasteiger partial charge in [0, 0.05) is 31.4 Å². The molecule has 0 bridgehead atoms. The Morgan fingerprint density at radius 1 is 1.03 bits per heavy atom. The molecule has 3 aromatic rings. The monoisotopic (exact) mass is 521 g/mol. The van der Waals surface area contributed by atoms with E-state index in [0.29, 0.717) is 61.2 Å². The van der Waals surface area contributed by atoms with Gasteiger partial charge in [-0.2, -0.15) is 5.10 Å². The molecule has 0 saturated heterocycles. The summed E-state index contributed by atoms with van der Waals surface area (Å²) in [6.45, 7) is 10.1. The average Bonchev–Trinajstić information content (AvgIpc) is 3.44. The molecule has 0 aliphatic carbocycles. The summed E-state index contributed by atoms with van der Waals surface area (Å²) in [6, 6.07) is 9.32. The van der Waals surface area contributed by atoms with E-state index in [1.54, 1.807) is 7.11 Å². The van der Waals surface area contributed by atoms with Gasteiger partial charge in [0.15, 0.2) is 11.5 Å². The molecule has 0 saturated carbocycles. The first-order valence-electron chi connectivity index (χ1n) is 13.5. The first-order chi connectivity index (χ1) is 18.4. The number of unbranched alkanes of at least 4 members (excludes halogenated alkanes) is 2. The molecule has 204 valence electrons. The molecule has 2 aromatic carbocycles. The molecule has 0 fully saturated rings. The number of fused-ring (bicyclic) bond motifs is 1. The topological polar surface area (TPSA) is 96.9 Å². The summed E-state index contributed by atoms with van der Waals surface area (Å²) in [5, 5.41) is 18.5. The zero-order chi connectivity index (χ0) is 27.2. The van der Waals surface area contributed by atoms with E-state index in [9.17, 15) is 9.90 Å². The normalized spacial score (nSPS) is 14.7. The molecular weight excluding hydrogens is 482 g/mol. The van der Waals surface area contributed by atoms with Crippen molar-refractivity contribution in [1.29, 1.82) is 0 Å². The zero-order valence-electron chi connectivity index (χ0n) is 23.1. The lowest BCUT2D eigenvalue weighted by Gasteiger charge is -2.27. The van der Waals surface area contributed by atoms with E-state index in [1.807, 2.05) is 56.0 Å². The second-order valence-corrected chi connectivity index (χ2v) is 9.78. The summed E-state index contributed by atoms with van der Waals surface area (Å²) in [7, 11) is 1.66. The number of benzene rings is 2. The quantitative estimate of drug-likeness (QED) is 0.270. The van der Waals surface area contributed by atoms with Crippen molar-refractivity contribution in [1.82, 2.24) is 15.1 Å². The van der Waals surface area contributed by atoms with Crippen LogP contribution in [0.5, 0.6) is 17.2 Å². The molecule has 2 N–H and O–H groups in total. The fourth-order valence-corrected chi connectivity index (χ4v) is 5.12. The Kier molecular flexibility index (Phi) is 8.94. The predicted octanol–water partition coefficient (Wildman–Crippen LogP) is 5.95. The van der Waals surface area contributed by atoms with Crippen LogP contribution in [0.2, 0.25) is 0 Å². The van der Waals surface area contributed by atoms with Gasteiger partial charge in [-0.1, -0.05) is 31.9 Å². The number of nitrogens with zero attached hydrogens (tertiary/aromatic N) is 2. The van der Waals surface area contributed by atoms with Crippen LogP contribution in [0.15, 0.2) is 30.3 Å². The van der Waals surface area contributed by atoms with Gasteiger partial charge in [0.2, 0.25) is 0 Å². The smallest absolute Gasteiger partial charge is 0.273 e. The molecule has 8 nitrogen and oxygen atoms in total. The number of hydrogen-bond donors (Lipinski definition) is 2. The van der Waals surface area contributed by atoms with Crippen molar-refractivity contribution >= 4 is 5.91 Å². The fourth-order valence-electron chi connectivity index (χ4n) is 5.12. The molecule has 1 aromatic heterocycles. The van der Waals surface area contributed by atoms with Gasteiger partial charge < -0.3 is 24.2 Å². The van der Waals surface area contributed by atoms with Gasteiger partial charge in [-0.25, -0.2) is 0 Å². The number of aryl methyl sites for hydroxylation is 2. The highest BCUT2D eigenvalue weighted by atomic mass is 16.5. The van der Waals surface area contributed by atoms with Crippen molar-refractivity contribution in [2.45, 2.75) is 59.4 Å². The third kappa shape index (κ3) is 5.50. The molecule has 1 aliphatic rings. The molecule has 8 heteroatoms. The maximum absolute atomic E-state index is 13.6. The maximum Gasteiger partial charge on any atom is 0.273 e. The van der Waals surface area contributed by atoms with Gasteiger partial charge >= 0.3 is 0 Å². The number of carbonyl (C=O) groups is 1. The Labute approximate surface area is 224 Å². The van der Waals surface area contributed by atoms with Crippen LogP contribution in [0.4, 0.5) is 0 Å². The Bertz CT molecular complexity index is 1270. The molecular formula is C30H39N3O5. The van der Waals surface area contributed by atoms with Crippen LogP contribution >= 0.6 is 0 Å². The van der Waals surface area contributed by atoms with Gasteiger partial charge in [-0.3, -0.25) is 9.89 Å². The van der Waals surface area contributed by atoms with E-state index >= 15 is 0 Å². The molecule has 1 amide bonds. The van der Waals surface area contributed by atoms with E-state index in [4.69, 9.17) is 14.2 Å². The Balaban J connectivity index is 1.80. The number of amides is 1. The molecule has 1 unspecified atom stereocenters. The number of aromatic nitrogens is 2. The minimum absolute atomic E-state index is 0.124. The number of H-pyrrole nitrogens is 1. The summed E-state index contributed by atoms with van der Waals surface area (Å²) >= 11 is 0. The van der Waals surface area contributed by atoms with Crippen LogP contribution in [-0.4, -0.2) is 59.6 Å². The Morgan fingerprint density at radius 2 is 1.84 bits per heavy atom. The minimum Gasteiger partial charge on any atom is -0.507 e. The van der Waals surface area contributed by atoms with Crippen molar-refractivity contribution in [3.63, 3.8) is 0 Å². The summed E-state index contributed by atoms with van der Waals surface area (Å²) in [4.78, 5) is 15.5. The number of phenolic OH excluding ortho intramolecular Hbond substituents is 1. The number of hydrogen-bond acceptors (Lipinski definition) is 6. The first-order valence-corrected chi connectivity index (χ1v) is 13.5. The SMILES string of the molecule is CCCCCOc1ccc(C2c3c(-c4cc(C)cc(C)c4O)n[nH]c3C(=O)N2CCCOC)cc1OCC. The summed E-state index contributed by atoms with van der Waals surface area (Å²) in [5.74, 6) is 1.39. The molecule has 1 atom stereocenters. The van der Waals surface area contributed by atoms with Crippen molar-refractivity contribution in [3.8, 4) is 28.5 Å². The van der Waals surface area contributed by atoms with Crippen LogP contribution in [0.25, 0.3) is 11.3 Å². The van der Waals surface area contributed by atoms with Crippen LogP contribution in [0.3, 0.4) is 0 Å². The third-order valence-electron chi connectivity index (χ3n) is 6.90. The number of methoxy groups -OCH3 is 1.